The molecule has 11 nitrogen and oxygen atoms in total. The number of azo groups is 1. The molecule has 0 saturated carbocycles. The van der Waals surface area contributed by atoms with Crippen LogP contribution in [0.4, 0.5) is 21.9 Å². The molecule has 0 aliphatic carbocycles. The summed E-state index contributed by atoms with van der Waals surface area (Å²) in [6, 6.07) is 13.6. The van der Waals surface area contributed by atoms with Crippen LogP contribution >= 0.6 is 0 Å². The lowest BCUT2D eigenvalue weighted by molar-refractivity contribution is -0.137. The van der Waals surface area contributed by atoms with Gasteiger partial charge in [-0.2, -0.15) is 10.2 Å². The number of carboxylic acid groups (broad SMARTS) is 1. The Kier molecular flexibility index (Phi) is 21.7. The van der Waals surface area contributed by atoms with Gasteiger partial charge in [0.05, 0.1) is 17.8 Å². The number of carbonyl (C=O) groups excluding carboxylic acids is 3. The molecule has 0 spiro atoms. The van der Waals surface area contributed by atoms with E-state index in [1.54, 1.807) is 49.9 Å². The van der Waals surface area contributed by atoms with Crippen molar-refractivity contribution >= 4 is 40.9 Å². The molecule has 1 atom stereocenters. The predicted molar refractivity (Wildman–Crippen MR) is 212 cm³/mol. The van der Waals surface area contributed by atoms with E-state index in [0.717, 1.165) is 18.5 Å². The van der Waals surface area contributed by atoms with E-state index in [-0.39, 0.29) is 18.2 Å². The Balaban J connectivity index is 1.66. The van der Waals surface area contributed by atoms with Gasteiger partial charge < -0.3 is 25.4 Å². The monoisotopic (exact) mass is 735 g/mol. The highest BCUT2D eigenvalue weighted by molar-refractivity contribution is 5.94. The van der Waals surface area contributed by atoms with E-state index < -0.39 is 23.7 Å². The molecular formula is C42H65N5O6. The molecule has 0 aromatic heterocycles. The van der Waals surface area contributed by atoms with Gasteiger partial charge in [0, 0.05) is 37.3 Å². The van der Waals surface area contributed by atoms with Crippen LogP contribution < -0.4 is 15.5 Å². The van der Waals surface area contributed by atoms with E-state index in [4.69, 9.17) is 4.74 Å². The summed E-state index contributed by atoms with van der Waals surface area (Å²) in [4.78, 5) is 50.3. The molecule has 0 fully saturated rings. The number of nitrogens with zero attached hydrogens (tertiary/aromatic N) is 3. The van der Waals surface area contributed by atoms with Crippen LogP contribution in [-0.2, 0) is 14.3 Å². The summed E-state index contributed by atoms with van der Waals surface area (Å²) in [5.74, 6) is -1.12. The summed E-state index contributed by atoms with van der Waals surface area (Å²) in [7, 11) is 1.81. The molecule has 2 rings (SSSR count). The van der Waals surface area contributed by atoms with Crippen molar-refractivity contribution in [1.82, 2.24) is 10.6 Å². The molecule has 294 valence electrons. The van der Waals surface area contributed by atoms with Gasteiger partial charge in [0.25, 0.3) is 5.91 Å². The number of benzene rings is 2. The Bertz CT molecular complexity index is 1390. The van der Waals surface area contributed by atoms with Crippen LogP contribution in [0.15, 0.2) is 58.8 Å². The Morgan fingerprint density at radius 2 is 1.25 bits per heavy atom. The van der Waals surface area contributed by atoms with Gasteiger partial charge in [-0.1, -0.05) is 84.0 Å². The number of anilines is 1. The maximum absolute atomic E-state index is 12.7. The lowest BCUT2D eigenvalue weighted by atomic mass is 10.0. The van der Waals surface area contributed by atoms with Crippen molar-refractivity contribution in [3.05, 3.63) is 54.1 Å². The summed E-state index contributed by atoms with van der Waals surface area (Å²) < 4.78 is 5.23. The van der Waals surface area contributed by atoms with Crippen LogP contribution in [0.3, 0.4) is 0 Å². The molecular weight excluding hydrogens is 670 g/mol. The summed E-state index contributed by atoms with van der Waals surface area (Å²) in [5, 5.41) is 23.3. The summed E-state index contributed by atoms with van der Waals surface area (Å²) in [6.45, 7) is 7.89. The number of amides is 3. The quantitative estimate of drug-likeness (QED) is 0.0646. The highest BCUT2D eigenvalue weighted by atomic mass is 16.6. The highest BCUT2D eigenvalue weighted by Gasteiger charge is 2.21. The van der Waals surface area contributed by atoms with Gasteiger partial charge in [-0.3, -0.25) is 14.4 Å². The molecule has 53 heavy (non-hydrogen) atoms. The minimum atomic E-state index is -1.01. The third-order valence-electron chi connectivity index (χ3n) is 8.92. The number of carbonyl (C=O) groups is 4. The molecule has 2 aromatic rings. The largest absolute Gasteiger partial charge is 0.481 e. The van der Waals surface area contributed by atoms with Crippen molar-refractivity contribution in [2.75, 3.05) is 18.5 Å². The van der Waals surface area contributed by atoms with Crippen LogP contribution in [0.2, 0.25) is 0 Å². The Hall–Kier alpha value is -4.28. The first-order valence-electron chi connectivity index (χ1n) is 19.8. The number of carboxylic acids is 1. The third-order valence-corrected chi connectivity index (χ3v) is 8.92. The van der Waals surface area contributed by atoms with Gasteiger partial charge in [-0.15, -0.1) is 0 Å². The number of aliphatic carboxylic acids is 1. The molecule has 0 heterocycles. The van der Waals surface area contributed by atoms with Crippen molar-refractivity contribution in [3.8, 4) is 0 Å². The van der Waals surface area contributed by atoms with Crippen molar-refractivity contribution in [2.24, 2.45) is 10.2 Å². The fourth-order valence-corrected chi connectivity index (χ4v) is 5.87. The average Bonchev–Trinajstić information content (AvgIpc) is 3.11. The second-order valence-electron chi connectivity index (χ2n) is 14.9. The zero-order valence-electron chi connectivity index (χ0n) is 33.0. The van der Waals surface area contributed by atoms with Crippen molar-refractivity contribution < 1.29 is 29.0 Å². The normalized spacial score (nSPS) is 12.0. The third kappa shape index (κ3) is 21.1. The molecule has 0 bridgehead atoms. The molecule has 0 aliphatic rings. The maximum atomic E-state index is 12.7. The van der Waals surface area contributed by atoms with Gasteiger partial charge in [-0.05, 0) is 95.0 Å². The second-order valence-corrected chi connectivity index (χ2v) is 14.9. The van der Waals surface area contributed by atoms with Crippen LogP contribution in [0.25, 0.3) is 0 Å². The Morgan fingerprint density at radius 3 is 1.75 bits per heavy atom. The van der Waals surface area contributed by atoms with Crippen LogP contribution in [-0.4, -0.2) is 54.2 Å². The fourth-order valence-electron chi connectivity index (χ4n) is 5.87. The fraction of sp³-hybridized carbons (Fsp3) is 0.619. The van der Waals surface area contributed by atoms with Gasteiger partial charge in [-0.25, -0.2) is 4.79 Å². The van der Waals surface area contributed by atoms with Gasteiger partial charge >= 0.3 is 12.1 Å². The van der Waals surface area contributed by atoms with Crippen LogP contribution in [0.1, 0.15) is 154 Å². The molecule has 11 heteroatoms. The van der Waals surface area contributed by atoms with E-state index in [1.165, 1.54) is 70.6 Å². The Labute approximate surface area is 317 Å². The number of hydrogen-bond acceptors (Lipinski definition) is 7. The van der Waals surface area contributed by atoms with Crippen molar-refractivity contribution in [2.45, 2.75) is 155 Å². The second kappa shape index (κ2) is 25.7. The topological polar surface area (TPSA) is 150 Å². The first-order chi connectivity index (χ1) is 25.4. The van der Waals surface area contributed by atoms with E-state index in [0.29, 0.717) is 49.2 Å². The summed E-state index contributed by atoms with van der Waals surface area (Å²) in [6.07, 6.45) is 18.0. The van der Waals surface area contributed by atoms with Crippen molar-refractivity contribution in [3.63, 3.8) is 0 Å². The van der Waals surface area contributed by atoms with E-state index in [1.807, 2.05) is 31.3 Å². The average molecular weight is 736 g/mol. The van der Waals surface area contributed by atoms with E-state index >= 15 is 0 Å². The van der Waals surface area contributed by atoms with Crippen LogP contribution in [0.5, 0.6) is 0 Å². The number of unbranched alkanes of at least 4 members (excludes halogenated alkanes) is 13. The molecule has 0 radical (unpaired) electrons. The highest BCUT2D eigenvalue weighted by Crippen LogP contribution is 2.23. The molecule has 3 N–H and O–H groups in total. The lowest BCUT2D eigenvalue weighted by Gasteiger charge is -2.23. The first-order valence-corrected chi connectivity index (χ1v) is 19.8. The predicted octanol–water partition coefficient (Wildman–Crippen LogP) is 10.8. The minimum Gasteiger partial charge on any atom is -0.481 e. The summed E-state index contributed by atoms with van der Waals surface area (Å²) in [5.41, 5.74) is 1.87. The van der Waals surface area contributed by atoms with Gasteiger partial charge in [0.1, 0.15) is 5.60 Å². The van der Waals surface area contributed by atoms with E-state index in [2.05, 4.69) is 27.8 Å². The smallest absolute Gasteiger partial charge is 0.407 e. The zero-order valence-corrected chi connectivity index (χ0v) is 33.0. The van der Waals surface area contributed by atoms with Gasteiger partial charge in [0.15, 0.2) is 0 Å². The van der Waals surface area contributed by atoms with E-state index in [9.17, 15) is 24.3 Å². The van der Waals surface area contributed by atoms with Gasteiger partial charge in [0.2, 0.25) is 5.91 Å². The Morgan fingerprint density at radius 1 is 0.736 bits per heavy atom. The number of nitrogens with one attached hydrogen (secondary N) is 2. The number of rotatable bonds is 26. The molecule has 0 aliphatic heterocycles. The zero-order chi connectivity index (χ0) is 38.9. The molecule has 3 amide bonds. The standard InChI is InChI=1S/C42H65N5O6/c1-6-7-8-9-10-11-12-13-14-15-16-17-18-22-38(48)47(5)37-29-27-35(28-30-37)46-45-34-25-23-33(24-26-34)40(51)43-31-20-19-21-36(32-39(49)50)44-41(52)53-42(2,3)4/h23-30,36H,6-22,31-32H2,1-5H3,(H,43,51)(H,44,52)(H,49,50). The maximum Gasteiger partial charge on any atom is 0.407 e. The van der Waals surface area contributed by atoms with Crippen LogP contribution in [0, 0.1) is 0 Å². The number of hydrogen-bond donors (Lipinski definition) is 3. The lowest BCUT2D eigenvalue weighted by Crippen LogP contribution is -2.40. The molecule has 0 saturated heterocycles. The SMILES string of the molecule is CCCCCCCCCCCCCCCC(=O)N(C)c1ccc(N=Nc2ccc(C(=O)NCCCCC(CC(=O)O)NC(=O)OC(C)(C)C)cc2)cc1. The number of alkyl carbamates (subject to hydrolysis) is 1. The molecule has 2 aromatic carbocycles. The first kappa shape index (κ1) is 44.9. The number of ether oxygens (including phenoxy) is 1. The summed E-state index contributed by atoms with van der Waals surface area (Å²) >= 11 is 0. The molecule has 1 unspecified atom stereocenters. The minimum absolute atomic E-state index is 0.114. The van der Waals surface area contributed by atoms with Crippen molar-refractivity contribution in [1.29, 1.82) is 0 Å².